The summed E-state index contributed by atoms with van der Waals surface area (Å²) in [5, 5.41) is 6.15. The minimum absolute atomic E-state index is 0.0144. The number of rotatable bonds is 5. The third-order valence-electron chi connectivity index (χ3n) is 6.65. The Morgan fingerprint density at radius 3 is 2.59 bits per heavy atom. The number of benzene rings is 2. The smallest absolute Gasteiger partial charge is 0.310 e. The Morgan fingerprint density at radius 1 is 1.12 bits per heavy atom. The van der Waals surface area contributed by atoms with Gasteiger partial charge in [-0.25, -0.2) is 0 Å². The van der Waals surface area contributed by atoms with Crippen molar-refractivity contribution >= 4 is 56.7 Å². The SMILES string of the molecule is COc1ccc(Cl)cc1NC(=O)c1ccc(NC(=O)[C@@H]2[C@H]3C[C@H]4[C@H](OC(=O)[C@H]42)[C@H]3Br)cc1. The van der Waals surface area contributed by atoms with Gasteiger partial charge in [0.2, 0.25) is 5.91 Å². The Bertz CT molecular complexity index is 1110. The lowest BCUT2D eigenvalue weighted by Crippen LogP contribution is -2.40. The highest BCUT2D eigenvalue weighted by molar-refractivity contribution is 9.09. The maximum Gasteiger partial charge on any atom is 0.310 e. The average Bonchev–Trinajstić information content (AvgIpc) is 3.39. The van der Waals surface area contributed by atoms with Crippen LogP contribution in [0.2, 0.25) is 5.02 Å². The molecule has 2 aromatic rings. The standard InChI is InChI=1S/C23H20BrClN2O5/c1-31-16-7-4-11(25)8-15(16)27-21(28)10-2-5-12(6-3-10)26-22(29)17-13-9-14-18(17)23(30)32-20(14)19(13)24/h2-8,13-14,17-20H,9H2,1H3,(H,26,29)(H,27,28)/t13-,14-,17-,18-,19+,20+/m1/s1. The summed E-state index contributed by atoms with van der Waals surface area (Å²) in [6.07, 6.45) is 0.707. The van der Waals surface area contributed by atoms with Crippen molar-refractivity contribution in [2.75, 3.05) is 17.7 Å². The van der Waals surface area contributed by atoms with E-state index in [0.29, 0.717) is 27.7 Å². The summed E-state index contributed by atoms with van der Waals surface area (Å²) in [4.78, 5) is 37.9. The molecule has 2 aromatic carbocycles. The number of amides is 2. The molecule has 1 heterocycles. The van der Waals surface area contributed by atoms with E-state index in [-0.39, 0.29) is 46.5 Å². The molecule has 2 saturated carbocycles. The number of esters is 1. The van der Waals surface area contributed by atoms with Crippen molar-refractivity contribution < 1.29 is 23.9 Å². The molecule has 2 amide bonds. The van der Waals surface area contributed by atoms with Gasteiger partial charge in [-0.05, 0) is 54.8 Å². The molecule has 9 heteroatoms. The molecular formula is C23H20BrClN2O5. The Hall–Kier alpha value is -2.58. The molecule has 0 unspecified atom stereocenters. The fourth-order valence-electron chi connectivity index (χ4n) is 5.23. The summed E-state index contributed by atoms with van der Waals surface area (Å²) in [7, 11) is 1.51. The van der Waals surface area contributed by atoms with Gasteiger partial charge in [0, 0.05) is 22.2 Å². The number of hydrogen-bond donors (Lipinski definition) is 2. The molecule has 6 atom stereocenters. The molecule has 3 aliphatic rings. The zero-order chi connectivity index (χ0) is 22.6. The van der Waals surface area contributed by atoms with E-state index < -0.39 is 5.92 Å². The molecule has 32 heavy (non-hydrogen) atoms. The first-order valence-electron chi connectivity index (χ1n) is 10.3. The highest BCUT2D eigenvalue weighted by atomic mass is 79.9. The van der Waals surface area contributed by atoms with Crippen LogP contribution in [0.1, 0.15) is 16.8 Å². The predicted molar refractivity (Wildman–Crippen MR) is 122 cm³/mol. The predicted octanol–water partition coefficient (Wildman–Crippen LogP) is 4.11. The first-order valence-corrected chi connectivity index (χ1v) is 11.6. The van der Waals surface area contributed by atoms with Gasteiger partial charge in [0.15, 0.2) is 0 Å². The van der Waals surface area contributed by atoms with Crippen molar-refractivity contribution in [2.45, 2.75) is 17.4 Å². The highest BCUT2D eigenvalue weighted by Crippen LogP contribution is 2.60. The molecule has 7 nitrogen and oxygen atoms in total. The fraction of sp³-hybridized carbons (Fsp3) is 0.348. The van der Waals surface area contributed by atoms with E-state index >= 15 is 0 Å². The fourth-order valence-corrected chi connectivity index (χ4v) is 6.45. The second-order valence-corrected chi connectivity index (χ2v) is 9.82. The maximum atomic E-state index is 13.0. The first kappa shape index (κ1) is 21.3. The lowest BCUT2D eigenvalue weighted by molar-refractivity contribution is -0.145. The molecule has 2 bridgehead atoms. The van der Waals surface area contributed by atoms with Gasteiger partial charge in [-0.3, -0.25) is 14.4 Å². The van der Waals surface area contributed by atoms with Gasteiger partial charge >= 0.3 is 5.97 Å². The molecule has 3 fully saturated rings. The van der Waals surface area contributed by atoms with Gasteiger partial charge in [0.1, 0.15) is 11.9 Å². The first-order chi connectivity index (χ1) is 15.4. The normalized spacial score (nSPS) is 29.5. The Morgan fingerprint density at radius 2 is 1.88 bits per heavy atom. The van der Waals surface area contributed by atoms with Crippen LogP contribution in [0.4, 0.5) is 11.4 Å². The largest absolute Gasteiger partial charge is 0.495 e. The van der Waals surface area contributed by atoms with Crippen LogP contribution in [0.25, 0.3) is 0 Å². The molecule has 0 spiro atoms. The monoisotopic (exact) mass is 518 g/mol. The summed E-state index contributed by atoms with van der Waals surface area (Å²) in [5.74, 6) is -0.876. The van der Waals surface area contributed by atoms with Crippen LogP contribution in [0.3, 0.4) is 0 Å². The molecule has 0 aromatic heterocycles. The van der Waals surface area contributed by atoms with Crippen molar-refractivity contribution in [1.82, 2.24) is 0 Å². The Labute approximate surface area is 197 Å². The summed E-state index contributed by atoms with van der Waals surface area (Å²) in [6, 6.07) is 11.5. The molecule has 2 aliphatic carbocycles. The second-order valence-electron chi connectivity index (χ2n) is 8.33. The van der Waals surface area contributed by atoms with Gasteiger partial charge in [0.05, 0.1) is 29.5 Å². The number of anilines is 2. The molecule has 166 valence electrons. The third kappa shape index (κ3) is 3.46. The van der Waals surface area contributed by atoms with E-state index in [9.17, 15) is 14.4 Å². The zero-order valence-corrected chi connectivity index (χ0v) is 19.4. The highest BCUT2D eigenvalue weighted by Gasteiger charge is 2.67. The Balaban J connectivity index is 1.26. The molecular weight excluding hydrogens is 500 g/mol. The van der Waals surface area contributed by atoms with Gasteiger partial charge in [-0.1, -0.05) is 27.5 Å². The van der Waals surface area contributed by atoms with Gasteiger partial charge in [-0.15, -0.1) is 0 Å². The quantitative estimate of drug-likeness (QED) is 0.458. The number of halogens is 2. The molecule has 1 aliphatic heterocycles. The number of carbonyl (C=O) groups excluding carboxylic acids is 3. The summed E-state index contributed by atoms with van der Waals surface area (Å²) < 4.78 is 10.7. The average molecular weight is 520 g/mol. The van der Waals surface area contributed by atoms with Crippen LogP contribution in [-0.4, -0.2) is 35.8 Å². The molecule has 5 rings (SSSR count). The van der Waals surface area contributed by atoms with E-state index in [2.05, 4.69) is 26.6 Å². The molecule has 1 saturated heterocycles. The van der Waals surface area contributed by atoms with Gasteiger partial charge in [-0.2, -0.15) is 0 Å². The summed E-state index contributed by atoms with van der Waals surface area (Å²) in [6.45, 7) is 0. The van der Waals surface area contributed by atoms with Crippen LogP contribution in [-0.2, 0) is 14.3 Å². The van der Waals surface area contributed by atoms with Crippen molar-refractivity contribution in [2.24, 2.45) is 23.7 Å². The minimum atomic E-state index is -0.408. The van der Waals surface area contributed by atoms with E-state index in [0.717, 1.165) is 6.42 Å². The topological polar surface area (TPSA) is 93.7 Å². The van der Waals surface area contributed by atoms with Crippen LogP contribution in [0, 0.1) is 23.7 Å². The lowest BCUT2D eigenvalue weighted by Gasteiger charge is -2.27. The van der Waals surface area contributed by atoms with Crippen molar-refractivity contribution in [3.63, 3.8) is 0 Å². The van der Waals surface area contributed by atoms with Crippen LogP contribution in [0.5, 0.6) is 5.75 Å². The van der Waals surface area contributed by atoms with E-state index in [4.69, 9.17) is 21.1 Å². The van der Waals surface area contributed by atoms with Crippen LogP contribution in [0.15, 0.2) is 42.5 Å². The summed E-state index contributed by atoms with van der Waals surface area (Å²) >= 11 is 9.63. The van der Waals surface area contributed by atoms with Crippen molar-refractivity contribution in [3.05, 3.63) is 53.1 Å². The number of fused-ring (bicyclic) bond motifs is 1. The number of alkyl halides is 1. The van der Waals surface area contributed by atoms with Gasteiger partial charge in [0.25, 0.3) is 5.91 Å². The van der Waals surface area contributed by atoms with E-state index in [1.165, 1.54) is 7.11 Å². The number of ether oxygens (including phenoxy) is 2. The number of nitrogens with one attached hydrogen (secondary N) is 2. The third-order valence-corrected chi connectivity index (χ3v) is 8.09. The van der Waals surface area contributed by atoms with Gasteiger partial charge < -0.3 is 20.1 Å². The zero-order valence-electron chi connectivity index (χ0n) is 17.0. The van der Waals surface area contributed by atoms with E-state index in [1.807, 2.05) is 0 Å². The van der Waals surface area contributed by atoms with Crippen LogP contribution >= 0.6 is 27.5 Å². The molecule has 2 N–H and O–H groups in total. The number of carbonyl (C=O) groups is 3. The maximum absolute atomic E-state index is 13.0. The minimum Gasteiger partial charge on any atom is -0.495 e. The summed E-state index contributed by atoms with van der Waals surface area (Å²) in [5.41, 5.74) is 1.43. The lowest BCUT2D eigenvalue weighted by atomic mass is 9.79. The Kier molecular flexibility index (Phi) is 5.37. The van der Waals surface area contributed by atoms with Crippen molar-refractivity contribution in [1.29, 1.82) is 0 Å². The number of methoxy groups -OCH3 is 1. The van der Waals surface area contributed by atoms with Crippen LogP contribution < -0.4 is 15.4 Å². The molecule has 0 radical (unpaired) electrons. The second kappa shape index (κ2) is 8.08. The van der Waals surface area contributed by atoms with Crippen molar-refractivity contribution in [3.8, 4) is 5.75 Å². The van der Waals surface area contributed by atoms with E-state index in [1.54, 1.807) is 42.5 Å². The number of hydrogen-bond acceptors (Lipinski definition) is 5.